The summed E-state index contributed by atoms with van der Waals surface area (Å²) >= 11 is 1.81. The minimum absolute atomic E-state index is 0.0198. The molecule has 0 aliphatic carbocycles. The molecule has 0 saturated carbocycles. The molecule has 1 aliphatic heterocycles. The molecule has 0 radical (unpaired) electrons. The van der Waals surface area contributed by atoms with E-state index in [1.165, 1.54) is 21.4 Å². The van der Waals surface area contributed by atoms with Crippen LogP contribution in [0.3, 0.4) is 0 Å². The Morgan fingerprint density at radius 2 is 1.73 bits per heavy atom. The number of carbonyl (C=O) groups excluding carboxylic acids is 1. The first-order valence-electron chi connectivity index (χ1n) is 10.6. The van der Waals surface area contributed by atoms with Crippen LogP contribution >= 0.6 is 11.3 Å². The van der Waals surface area contributed by atoms with E-state index in [-0.39, 0.29) is 5.91 Å². The number of amides is 1. The summed E-state index contributed by atoms with van der Waals surface area (Å²) < 4.78 is 1.31. The lowest BCUT2D eigenvalue weighted by atomic mass is 10.1. The highest BCUT2D eigenvalue weighted by Gasteiger charge is 2.20. The second-order valence-corrected chi connectivity index (χ2v) is 9.25. The van der Waals surface area contributed by atoms with Crippen molar-refractivity contribution in [3.05, 3.63) is 58.1 Å². The lowest BCUT2D eigenvalue weighted by Crippen LogP contribution is -2.48. The van der Waals surface area contributed by atoms with Gasteiger partial charge in [0.05, 0.1) is 10.2 Å². The molecule has 2 heterocycles. The van der Waals surface area contributed by atoms with Crippen molar-refractivity contribution in [3.63, 3.8) is 0 Å². The molecule has 0 unspecified atom stereocenters. The highest BCUT2D eigenvalue weighted by atomic mass is 32.1. The average Bonchev–Trinajstić information content (AvgIpc) is 3.18. The van der Waals surface area contributed by atoms with Gasteiger partial charge in [0.2, 0.25) is 0 Å². The molecule has 1 saturated heterocycles. The van der Waals surface area contributed by atoms with Crippen LogP contribution in [0.15, 0.2) is 30.3 Å². The molecule has 1 N–H and O–H groups in total. The summed E-state index contributed by atoms with van der Waals surface area (Å²) in [5.41, 5.74) is 6.68. The molecule has 30 heavy (non-hydrogen) atoms. The van der Waals surface area contributed by atoms with E-state index < -0.39 is 0 Å². The number of nitrogens with zero attached hydrogens (tertiary/aromatic N) is 3. The van der Waals surface area contributed by atoms with Crippen LogP contribution in [0.4, 0.5) is 5.13 Å². The van der Waals surface area contributed by atoms with Gasteiger partial charge in [-0.3, -0.25) is 9.69 Å². The standard InChI is InChI=1S/C24H30N4OS/c1-16-5-8-20(19(4)15-16)23(29)25-9-10-27-11-13-28(14-12-27)24-26-21-17(2)6-7-18(3)22(21)30-24/h5-8,15H,9-14H2,1-4H3,(H,25,29). The van der Waals surface area contributed by atoms with Crippen LogP contribution in [0, 0.1) is 27.7 Å². The molecule has 3 aromatic rings. The maximum atomic E-state index is 12.5. The van der Waals surface area contributed by atoms with E-state index in [0.717, 1.165) is 54.5 Å². The van der Waals surface area contributed by atoms with Crippen molar-refractivity contribution in [2.45, 2.75) is 27.7 Å². The Labute approximate surface area is 182 Å². The Hall–Kier alpha value is -2.44. The normalized spacial score (nSPS) is 15.0. The molecule has 0 atom stereocenters. The monoisotopic (exact) mass is 422 g/mol. The number of rotatable bonds is 5. The second-order valence-electron chi connectivity index (χ2n) is 8.28. The van der Waals surface area contributed by atoms with Crippen LogP contribution in [-0.4, -0.2) is 55.1 Å². The summed E-state index contributed by atoms with van der Waals surface area (Å²) in [6, 6.07) is 10.3. The first-order valence-corrected chi connectivity index (χ1v) is 11.4. The Kier molecular flexibility index (Phi) is 6.06. The maximum Gasteiger partial charge on any atom is 0.251 e. The third-order valence-corrected chi connectivity index (χ3v) is 7.17. The van der Waals surface area contributed by atoms with E-state index >= 15 is 0 Å². The van der Waals surface area contributed by atoms with Gasteiger partial charge in [0.1, 0.15) is 0 Å². The number of hydrogen-bond acceptors (Lipinski definition) is 5. The van der Waals surface area contributed by atoms with E-state index in [4.69, 9.17) is 4.98 Å². The molecule has 6 heteroatoms. The molecule has 0 bridgehead atoms. The molecule has 1 aromatic heterocycles. The molecule has 5 nitrogen and oxygen atoms in total. The van der Waals surface area contributed by atoms with Crippen molar-refractivity contribution in [2.75, 3.05) is 44.2 Å². The zero-order valence-electron chi connectivity index (χ0n) is 18.3. The van der Waals surface area contributed by atoms with Crippen LogP contribution < -0.4 is 10.2 Å². The average molecular weight is 423 g/mol. The molecule has 1 amide bonds. The summed E-state index contributed by atoms with van der Waals surface area (Å²) in [7, 11) is 0. The minimum atomic E-state index is 0.0198. The number of aromatic nitrogens is 1. The number of anilines is 1. The number of fused-ring (bicyclic) bond motifs is 1. The van der Waals surface area contributed by atoms with Crippen LogP contribution in [0.5, 0.6) is 0 Å². The van der Waals surface area contributed by atoms with Crippen molar-refractivity contribution in [3.8, 4) is 0 Å². The lowest BCUT2D eigenvalue weighted by molar-refractivity contribution is 0.0947. The maximum absolute atomic E-state index is 12.5. The number of hydrogen-bond donors (Lipinski definition) is 1. The van der Waals surface area contributed by atoms with Gasteiger partial charge >= 0.3 is 0 Å². The van der Waals surface area contributed by atoms with Crippen LogP contribution in [-0.2, 0) is 0 Å². The molecule has 2 aromatic carbocycles. The number of benzene rings is 2. The first kappa shape index (κ1) is 20.8. The highest BCUT2D eigenvalue weighted by molar-refractivity contribution is 7.22. The van der Waals surface area contributed by atoms with Crippen molar-refractivity contribution >= 4 is 32.6 Å². The number of carbonyl (C=O) groups is 1. The predicted octanol–water partition coefficient (Wildman–Crippen LogP) is 4.08. The van der Waals surface area contributed by atoms with Gasteiger partial charge in [0, 0.05) is 44.8 Å². The third kappa shape index (κ3) is 4.35. The molecule has 4 rings (SSSR count). The summed E-state index contributed by atoms with van der Waals surface area (Å²) in [6.07, 6.45) is 0. The zero-order chi connectivity index (χ0) is 21.3. The number of nitrogens with one attached hydrogen (secondary N) is 1. The van der Waals surface area contributed by atoms with Crippen LogP contribution in [0.1, 0.15) is 32.6 Å². The summed E-state index contributed by atoms with van der Waals surface area (Å²) in [4.78, 5) is 22.2. The van der Waals surface area contributed by atoms with Gasteiger partial charge in [-0.1, -0.05) is 41.2 Å². The van der Waals surface area contributed by atoms with E-state index in [2.05, 4.69) is 47.2 Å². The number of aryl methyl sites for hydroxylation is 4. The lowest BCUT2D eigenvalue weighted by Gasteiger charge is -2.34. The molecule has 158 valence electrons. The Bertz CT molecular complexity index is 1030. The van der Waals surface area contributed by atoms with Crippen molar-refractivity contribution < 1.29 is 4.79 Å². The molecule has 0 spiro atoms. The first-order chi connectivity index (χ1) is 14.4. The molecular formula is C24H30N4OS. The second kappa shape index (κ2) is 8.74. The number of thiazole rings is 1. The highest BCUT2D eigenvalue weighted by Crippen LogP contribution is 2.33. The predicted molar refractivity (Wildman–Crippen MR) is 126 cm³/mol. The SMILES string of the molecule is Cc1ccc(C(=O)NCCN2CCN(c3nc4c(C)ccc(C)c4s3)CC2)c(C)c1. The Morgan fingerprint density at radius 1 is 1.00 bits per heavy atom. The van der Waals surface area contributed by atoms with Gasteiger partial charge < -0.3 is 10.2 Å². The van der Waals surface area contributed by atoms with Gasteiger partial charge in [-0.25, -0.2) is 4.98 Å². The van der Waals surface area contributed by atoms with Gasteiger partial charge in [-0.05, 0) is 50.5 Å². The summed E-state index contributed by atoms with van der Waals surface area (Å²) in [5, 5.41) is 4.20. The van der Waals surface area contributed by atoms with Crippen molar-refractivity contribution in [1.29, 1.82) is 0 Å². The summed E-state index contributed by atoms with van der Waals surface area (Å²) in [5.74, 6) is 0.0198. The van der Waals surface area contributed by atoms with Crippen molar-refractivity contribution in [2.24, 2.45) is 0 Å². The van der Waals surface area contributed by atoms with Gasteiger partial charge in [0.15, 0.2) is 5.13 Å². The van der Waals surface area contributed by atoms with Gasteiger partial charge in [0.25, 0.3) is 5.91 Å². The molecule has 1 fully saturated rings. The third-order valence-electron chi connectivity index (χ3n) is 5.91. The zero-order valence-corrected chi connectivity index (χ0v) is 19.1. The smallest absolute Gasteiger partial charge is 0.251 e. The van der Waals surface area contributed by atoms with Crippen LogP contribution in [0.2, 0.25) is 0 Å². The van der Waals surface area contributed by atoms with Gasteiger partial charge in [-0.15, -0.1) is 0 Å². The quantitative estimate of drug-likeness (QED) is 0.673. The largest absolute Gasteiger partial charge is 0.351 e. The topological polar surface area (TPSA) is 48.5 Å². The van der Waals surface area contributed by atoms with Gasteiger partial charge in [-0.2, -0.15) is 0 Å². The molecule has 1 aliphatic rings. The van der Waals surface area contributed by atoms with E-state index in [9.17, 15) is 4.79 Å². The minimum Gasteiger partial charge on any atom is -0.351 e. The fraction of sp³-hybridized carbons (Fsp3) is 0.417. The number of piperazine rings is 1. The van der Waals surface area contributed by atoms with E-state index in [1.54, 1.807) is 11.3 Å². The Morgan fingerprint density at radius 3 is 2.43 bits per heavy atom. The molecular weight excluding hydrogens is 392 g/mol. The van der Waals surface area contributed by atoms with Crippen molar-refractivity contribution in [1.82, 2.24) is 15.2 Å². The summed E-state index contributed by atoms with van der Waals surface area (Å²) in [6.45, 7) is 13.8. The van der Waals surface area contributed by atoms with E-state index in [0.29, 0.717) is 6.54 Å². The fourth-order valence-corrected chi connectivity index (χ4v) is 5.20. The fourth-order valence-electron chi connectivity index (χ4n) is 4.04. The Balaban J connectivity index is 1.28. The van der Waals surface area contributed by atoms with Crippen LogP contribution in [0.25, 0.3) is 10.2 Å². The van der Waals surface area contributed by atoms with E-state index in [1.807, 2.05) is 26.0 Å².